The van der Waals surface area contributed by atoms with Crippen molar-refractivity contribution in [1.82, 2.24) is 5.32 Å². The largest absolute Gasteiger partial charge is 0.398 e. The second-order valence-corrected chi connectivity index (χ2v) is 5.85. The lowest BCUT2D eigenvalue weighted by Gasteiger charge is -2.29. The van der Waals surface area contributed by atoms with Crippen molar-refractivity contribution in [3.05, 3.63) is 29.3 Å². The molecule has 3 N–H and O–H groups in total. The summed E-state index contributed by atoms with van der Waals surface area (Å²) in [5.41, 5.74) is 8.06. The van der Waals surface area contributed by atoms with Crippen LogP contribution in [0.1, 0.15) is 43.6 Å². The van der Waals surface area contributed by atoms with Crippen LogP contribution in [0.3, 0.4) is 0 Å². The van der Waals surface area contributed by atoms with Crippen LogP contribution in [0.4, 0.5) is 5.69 Å². The van der Waals surface area contributed by atoms with Gasteiger partial charge in [0.05, 0.1) is 0 Å². The third kappa shape index (κ3) is 3.25. The Labute approximate surface area is 110 Å². The number of carbonyl (C=O) groups is 1. The Morgan fingerprint density at radius 2 is 2.00 bits per heavy atom. The van der Waals surface area contributed by atoms with Crippen LogP contribution in [-0.2, 0) is 0 Å². The zero-order valence-electron chi connectivity index (χ0n) is 12.0. The van der Waals surface area contributed by atoms with E-state index in [0.29, 0.717) is 23.7 Å². The Morgan fingerprint density at radius 1 is 1.39 bits per heavy atom. The summed E-state index contributed by atoms with van der Waals surface area (Å²) >= 11 is 0. The number of rotatable bonds is 4. The number of nitrogen functional groups attached to an aromatic ring is 1. The highest BCUT2D eigenvalue weighted by Crippen LogP contribution is 2.25. The molecule has 1 aromatic rings. The standard InChI is InChI=1S/C15H24N2O/c1-10(2)15(4,5)9-17-14(18)12-7-6-8-13(16)11(12)3/h6-8,10H,9,16H2,1-5H3,(H,17,18). The Balaban J connectivity index is 2.75. The summed E-state index contributed by atoms with van der Waals surface area (Å²) in [5, 5.41) is 2.99. The molecule has 0 heterocycles. The topological polar surface area (TPSA) is 55.1 Å². The molecular weight excluding hydrogens is 224 g/mol. The minimum absolute atomic E-state index is 0.0477. The van der Waals surface area contributed by atoms with Crippen molar-refractivity contribution in [2.75, 3.05) is 12.3 Å². The zero-order valence-corrected chi connectivity index (χ0v) is 12.0. The zero-order chi connectivity index (χ0) is 13.9. The molecule has 0 aliphatic carbocycles. The molecule has 0 unspecified atom stereocenters. The predicted octanol–water partition coefficient (Wildman–Crippen LogP) is 2.99. The summed E-state index contributed by atoms with van der Waals surface area (Å²) in [6.45, 7) is 11.2. The van der Waals surface area contributed by atoms with Crippen LogP contribution in [0.5, 0.6) is 0 Å². The summed E-state index contributed by atoms with van der Waals surface area (Å²) in [7, 11) is 0. The van der Waals surface area contributed by atoms with Crippen molar-refractivity contribution in [1.29, 1.82) is 0 Å². The molecule has 0 bridgehead atoms. The highest BCUT2D eigenvalue weighted by atomic mass is 16.1. The van der Waals surface area contributed by atoms with E-state index in [2.05, 4.69) is 33.0 Å². The normalized spacial score (nSPS) is 11.7. The van der Waals surface area contributed by atoms with Crippen LogP contribution in [0.25, 0.3) is 0 Å². The van der Waals surface area contributed by atoms with E-state index in [4.69, 9.17) is 5.73 Å². The molecule has 18 heavy (non-hydrogen) atoms. The highest BCUT2D eigenvalue weighted by Gasteiger charge is 2.23. The molecule has 0 radical (unpaired) electrons. The number of carbonyl (C=O) groups excluding carboxylic acids is 1. The number of anilines is 1. The smallest absolute Gasteiger partial charge is 0.251 e. The van der Waals surface area contributed by atoms with Crippen molar-refractivity contribution in [2.24, 2.45) is 11.3 Å². The molecule has 0 fully saturated rings. The molecule has 0 aliphatic rings. The molecule has 0 spiro atoms. The minimum Gasteiger partial charge on any atom is -0.398 e. The molecule has 3 heteroatoms. The first-order valence-corrected chi connectivity index (χ1v) is 6.39. The first-order chi connectivity index (χ1) is 8.25. The fourth-order valence-electron chi connectivity index (χ4n) is 1.51. The fourth-order valence-corrected chi connectivity index (χ4v) is 1.51. The van der Waals surface area contributed by atoms with Crippen LogP contribution < -0.4 is 11.1 Å². The monoisotopic (exact) mass is 248 g/mol. The lowest BCUT2D eigenvalue weighted by atomic mass is 9.81. The van der Waals surface area contributed by atoms with Gasteiger partial charge in [0.25, 0.3) is 5.91 Å². The van der Waals surface area contributed by atoms with E-state index in [1.165, 1.54) is 0 Å². The second kappa shape index (κ2) is 5.42. The van der Waals surface area contributed by atoms with Gasteiger partial charge in [-0.3, -0.25) is 4.79 Å². The molecule has 100 valence electrons. The van der Waals surface area contributed by atoms with Gasteiger partial charge < -0.3 is 11.1 Å². The van der Waals surface area contributed by atoms with E-state index in [1.54, 1.807) is 0 Å². The maximum absolute atomic E-state index is 12.1. The van der Waals surface area contributed by atoms with Gasteiger partial charge in [-0.1, -0.05) is 33.8 Å². The Hall–Kier alpha value is -1.51. The third-order valence-corrected chi connectivity index (χ3v) is 3.89. The first-order valence-electron chi connectivity index (χ1n) is 6.39. The van der Waals surface area contributed by atoms with Crippen molar-refractivity contribution in [2.45, 2.75) is 34.6 Å². The molecule has 1 rings (SSSR count). The van der Waals surface area contributed by atoms with Crippen LogP contribution in [-0.4, -0.2) is 12.5 Å². The van der Waals surface area contributed by atoms with Crippen molar-refractivity contribution < 1.29 is 4.79 Å². The van der Waals surface area contributed by atoms with E-state index < -0.39 is 0 Å². The molecule has 0 atom stereocenters. The highest BCUT2D eigenvalue weighted by molar-refractivity contribution is 5.96. The third-order valence-electron chi connectivity index (χ3n) is 3.89. The van der Waals surface area contributed by atoms with E-state index in [-0.39, 0.29) is 11.3 Å². The molecule has 3 nitrogen and oxygen atoms in total. The minimum atomic E-state index is -0.0477. The Bertz CT molecular complexity index is 436. The van der Waals surface area contributed by atoms with Crippen LogP contribution in [0.2, 0.25) is 0 Å². The van der Waals surface area contributed by atoms with Crippen LogP contribution in [0.15, 0.2) is 18.2 Å². The molecule has 1 aromatic carbocycles. The van der Waals surface area contributed by atoms with Gasteiger partial charge in [0, 0.05) is 17.8 Å². The maximum Gasteiger partial charge on any atom is 0.251 e. The molecule has 0 saturated carbocycles. The van der Waals surface area contributed by atoms with Gasteiger partial charge in [-0.25, -0.2) is 0 Å². The summed E-state index contributed by atoms with van der Waals surface area (Å²) < 4.78 is 0. The van der Waals surface area contributed by atoms with E-state index in [0.717, 1.165) is 5.56 Å². The summed E-state index contributed by atoms with van der Waals surface area (Å²) in [6.07, 6.45) is 0. The van der Waals surface area contributed by atoms with Crippen molar-refractivity contribution in [3.8, 4) is 0 Å². The van der Waals surface area contributed by atoms with Gasteiger partial charge in [-0.15, -0.1) is 0 Å². The molecule has 0 aromatic heterocycles. The lowest BCUT2D eigenvalue weighted by molar-refractivity contribution is 0.0924. The lowest BCUT2D eigenvalue weighted by Crippen LogP contribution is -2.37. The SMILES string of the molecule is Cc1c(N)cccc1C(=O)NCC(C)(C)C(C)C. The fraction of sp³-hybridized carbons (Fsp3) is 0.533. The first kappa shape index (κ1) is 14.6. The quantitative estimate of drug-likeness (QED) is 0.805. The van der Waals surface area contributed by atoms with Crippen molar-refractivity contribution >= 4 is 11.6 Å². The summed E-state index contributed by atoms with van der Waals surface area (Å²) in [5.74, 6) is 0.466. The second-order valence-electron chi connectivity index (χ2n) is 5.85. The molecule has 1 amide bonds. The Kier molecular flexibility index (Phi) is 4.38. The number of amides is 1. The van der Waals surface area contributed by atoms with Gasteiger partial charge in [0.2, 0.25) is 0 Å². The van der Waals surface area contributed by atoms with Crippen molar-refractivity contribution in [3.63, 3.8) is 0 Å². The maximum atomic E-state index is 12.1. The average molecular weight is 248 g/mol. The average Bonchev–Trinajstić information content (AvgIpc) is 2.29. The number of nitrogens with two attached hydrogens (primary N) is 1. The molecular formula is C15H24N2O. The number of nitrogens with one attached hydrogen (secondary N) is 1. The van der Waals surface area contributed by atoms with E-state index >= 15 is 0 Å². The molecule has 0 aliphatic heterocycles. The number of hydrogen-bond acceptors (Lipinski definition) is 2. The summed E-state index contributed by atoms with van der Waals surface area (Å²) in [6, 6.07) is 5.43. The van der Waals surface area contributed by atoms with Gasteiger partial charge in [-0.2, -0.15) is 0 Å². The Morgan fingerprint density at radius 3 is 2.56 bits per heavy atom. The summed E-state index contributed by atoms with van der Waals surface area (Å²) in [4.78, 5) is 12.1. The van der Waals surface area contributed by atoms with Crippen LogP contribution >= 0.6 is 0 Å². The van der Waals surface area contributed by atoms with Gasteiger partial charge in [-0.05, 0) is 36.0 Å². The van der Waals surface area contributed by atoms with Crippen LogP contribution in [0, 0.1) is 18.3 Å². The van der Waals surface area contributed by atoms with Gasteiger partial charge >= 0.3 is 0 Å². The van der Waals surface area contributed by atoms with Gasteiger partial charge in [0.15, 0.2) is 0 Å². The van der Waals surface area contributed by atoms with E-state index in [9.17, 15) is 4.79 Å². The van der Waals surface area contributed by atoms with E-state index in [1.807, 2.05) is 25.1 Å². The van der Waals surface area contributed by atoms with Gasteiger partial charge in [0.1, 0.15) is 0 Å². The number of benzene rings is 1. The molecule has 0 saturated heterocycles. The number of hydrogen-bond donors (Lipinski definition) is 2. The predicted molar refractivity (Wildman–Crippen MR) is 76.5 cm³/mol.